The van der Waals surface area contributed by atoms with Gasteiger partial charge in [0.25, 0.3) is 5.91 Å². The normalized spacial score (nSPS) is 14.0. The first-order valence-electron chi connectivity index (χ1n) is 10.6. The fourth-order valence-corrected chi connectivity index (χ4v) is 4.30. The van der Waals surface area contributed by atoms with Crippen molar-refractivity contribution in [2.75, 3.05) is 18.4 Å². The Morgan fingerprint density at radius 1 is 0.903 bits per heavy atom. The van der Waals surface area contributed by atoms with Crippen LogP contribution in [-0.2, 0) is 0 Å². The molecule has 2 heterocycles. The Balaban J connectivity index is 1.58. The fraction of sp³-hybridized carbons (Fsp3) is 0.200. The number of benzene rings is 3. The van der Waals surface area contributed by atoms with E-state index in [2.05, 4.69) is 9.88 Å². The molecule has 1 saturated heterocycles. The highest BCUT2D eigenvalue weighted by atomic mass is 35.5. The Hall–Kier alpha value is -3.31. The average molecular weight is 431 g/mol. The maximum atomic E-state index is 13.0. The van der Waals surface area contributed by atoms with E-state index < -0.39 is 0 Å². The van der Waals surface area contributed by atoms with Crippen LogP contribution in [0, 0.1) is 0 Å². The molecule has 0 saturated carbocycles. The molecule has 0 bridgehead atoms. The second-order valence-corrected chi connectivity index (χ2v) is 8.23. The molecule has 1 N–H and O–H groups in total. The van der Waals surface area contributed by atoms with Gasteiger partial charge in [0.15, 0.2) is 0 Å². The smallest absolute Gasteiger partial charge is 0.253 e. The van der Waals surface area contributed by atoms with E-state index in [1.165, 1.54) is 6.42 Å². The molecule has 6 heteroatoms. The van der Waals surface area contributed by atoms with Crippen molar-refractivity contribution in [3.05, 3.63) is 83.4 Å². The van der Waals surface area contributed by atoms with Crippen LogP contribution in [-0.4, -0.2) is 33.4 Å². The third kappa shape index (κ3) is 4.01. The number of nitrogens with zero attached hydrogens (tertiary/aromatic N) is 3. The summed E-state index contributed by atoms with van der Waals surface area (Å²) in [4.78, 5) is 19.8. The van der Waals surface area contributed by atoms with Crippen LogP contribution < -0.4 is 5.32 Å². The lowest BCUT2D eigenvalue weighted by Crippen LogP contribution is -2.35. The van der Waals surface area contributed by atoms with Gasteiger partial charge < -0.3 is 10.2 Å². The molecule has 0 aliphatic carbocycles. The van der Waals surface area contributed by atoms with Crippen LogP contribution in [0.15, 0.2) is 72.8 Å². The number of imidazole rings is 1. The first kappa shape index (κ1) is 19.6. The van der Waals surface area contributed by atoms with Gasteiger partial charge in [-0.1, -0.05) is 35.9 Å². The van der Waals surface area contributed by atoms with Crippen LogP contribution in [0.4, 0.5) is 11.6 Å². The van der Waals surface area contributed by atoms with Gasteiger partial charge in [0.2, 0.25) is 5.95 Å². The molecule has 31 heavy (non-hydrogen) atoms. The maximum absolute atomic E-state index is 13.0. The van der Waals surface area contributed by atoms with Gasteiger partial charge >= 0.3 is 0 Å². The second kappa shape index (κ2) is 8.44. The van der Waals surface area contributed by atoms with Crippen molar-refractivity contribution in [1.82, 2.24) is 14.5 Å². The van der Waals surface area contributed by atoms with Crippen LogP contribution in [0.5, 0.6) is 0 Å². The van der Waals surface area contributed by atoms with E-state index in [-0.39, 0.29) is 5.91 Å². The molecule has 1 aromatic heterocycles. The SMILES string of the molecule is O=C(c1ccc2c(c1)nc(Nc1cccc(Cl)c1)n2-c1ccccc1)N1CCCCC1. The summed E-state index contributed by atoms with van der Waals surface area (Å²) in [6.07, 6.45) is 3.34. The summed E-state index contributed by atoms with van der Waals surface area (Å²) >= 11 is 6.17. The Bertz CT molecular complexity index is 1230. The first-order valence-corrected chi connectivity index (χ1v) is 11.0. The van der Waals surface area contributed by atoms with Gasteiger partial charge in [0.05, 0.1) is 11.0 Å². The zero-order valence-corrected chi connectivity index (χ0v) is 17.8. The molecule has 156 valence electrons. The van der Waals surface area contributed by atoms with E-state index in [1.54, 1.807) is 0 Å². The number of hydrogen-bond acceptors (Lipinski definition) is 3. The number of likely N-dealkylation sites (tertiary alicyclic amines) is 1. The minimum absolute atomic E-state index is 0.0835. The number of halogens is 1. The number of para-hydroxylation sites is 1. The standard InChI is InChI=1S/C25H23ClN4O/c26-19-8-7-9-20(17-19)27-25-28-22-16-18(24(31)29-14-5-2-6-15-29)12-13-23(22)30(25)21-10-3-1-4-11-21/h1,3-4,7-13,16-17H,2,5-6,14-15H2,(H,27,28). The summed E-state index contributed by atoms with van der Waals surface area (Å²) in [5.41, 5.74) is 4.23. The molecule has 3 aromatic carbocycles. The monoisotopic (exact) mass is 430 g/mol. The average Bonchev–Trinajstić information content (AvgIpc) is 3.16. The molecule has 0 radical (unpaired) electrons. The van der Waals surface area contributed by atoms with Gasteiger partial charge in [-0.2, -0.15) is 0 Å². The van der Waals surface area contributed by atoms with Gasteiger partial charge in [-0.15, -0.1) is 0 Å². The van der Waals surface area contributed by atoms with E-state index in [0.717, 1.165) is 48.3 Å². The zero-order valence-electron chi connectivity index (χ0n) is 17.1. The number of rotatable bonds is 4. The lowest BCUT2D eigenvalue weighted by Gasteiger charge is -2.26. The molecule has 0 unspecified atom stereocenters. The number of fused-ring (bicyclic) bond motifs is 1. The van der Waals surface area contributed by atoms with Crippen LogP contribution in [0.1, 0.15) is 29.6 Å². The Kier molecular flexibility index (Phi) is 5.35. The minimum atomic E-state index is 0.0835. The second-order valence-electron chi connectivity index (χ2n) is 7.80. The number of carbonyl (C=O) groups excluding carboxylic acids is 1. The summed E-state index contributed by atoms with van der Waals surface area (Å²) in [5, 5.41) is 4.04. The van der Waals surface area contributed by atoms with Crippen molar-refractivity contribution in [1.29, 1.82) is 0 Å². The molecule has 5 rings (SSSR count). The largest absolute Gasteiger partial charge is 0.339 e. The molecule has 0 atom stereocenters. The quantitative estimate of drug-likeness (QED) is 0.428. The molecule has 5 nitrogen and oxygen atoms in total. The topological polar surface area (TPSA) is 50.2 Å². The lowest BCUT2D eigenvalue weighted by atomic mass is 10.1. The maximum Gasteiger partial charge on any atom is 0.253 e. The van der Waals surface area contributed by atoms with Gasteiger partial charge in [0, 0.05) is 35.1 Å². The van der Waals surface area contributed by atoms with Gasteiger partial charge in [0.1, 0.15) is 0 Å². The highest BCUT2D eigenvalue weighted by Gasteiger charge is 2.20. The number of piperidine rings is 1. The number of amides is 1. The van der Waals surface area contributed by atoms with E-state index >= 15 is 0 Å². The number of nitrogens with one attached hydrogen (secondary N) is 1. The van der Waals surface area contributed by atoms with Crippen LogP contribution >= 0.6 is 11.6 Å². The van der Waals surface area contributed by atoms with Crippen LogP contribution in [0.2, 0.25) is 5.02 Å². The van der Waals surface area contributed by atoms with Crippen molar-refractivity contribution < 1.29 is 4.79 Å². The highest BCUT2D eigenvalue weighted by Crippen LogP contribution is 2.29. The molecular weight excluding hydrogens is 408 g/mol. The predicted molar refractivity (Wildman–Crippen MR) is 126 cm³/mol. The summed E-state index contributed by atoms with van der Waals surface area (Å²) < 4.78 is 2.06. The lowest BCUT2D eigenvalue weighted by molar-refractivity contribution is 0.0724. The van der Waals surface area contributed by atoms with Crippen molar-refractivity contribution in [2.24, 2.45) is 0 Å². The Morgan fingerprint density at radius 2 is 1.71 bits per heavy atom. The summed E-state index contributed by atoms with van der Waals surface area (Å²) in [5.74, 6) is 0.756. The third-order valence-corrected chi connectivity index (χ3v) is 5.87. The first-order chi connectivity index (χ1) is 15.2. The molecule has 4 aromatic rings. The zero-order chi connectivity index (χ0) is 21.2. The Morgan fingerprint density at radius 3 is 2.48 bits per heavy atom. The molecule has 1 amide bonds. The molecule has 0 spiro atoms. The predicted octanol–water partition coefficient (Wildman–Crippen LogP) is 6.05. The molecule has 1 aliphatic rings. The third-order valence-electron chi connectivity index (χ3n) is 5.64. The number of carbonyl (C=O) groups is 1. The number of aromatic nitrogens is 2. The van der Waals surface area contributed by atoms with Crippen molar-refractivity contribution in [3.63, 3.8) is 0 Å². The summed E-state index contributed by atoms with van der Waals surface area (Å²) in [6.45, 7) is 1.66. The fourth-order valence-electron chi connectivity index (χ4n) is 4.11. The van der Waals surface area contributed by atoms with Crippen LogP contribution in [0.25, 0.3) is 16.7 Å². The Labute approximate surface area is 186 Å². The molecule has 1 fully saturated rings. The van der Waals surface area contributed by atoms with Gasteiger partial charge in [-0.25, -0.2) is 4.98 Å². The summed E-state index contributed by atoms with van der Waals surface area (Å²) in [6, 6.07) is 23.4. The van der Waals surface area contributed by atoms with E-state index in [9.17, 15) is 4.79 Å². The van der Waals surface area contributed by atoms with Crippen LogP contribution in [0.3, 0.4) is 0 Å². The molecule has 1 aliphatic heterocycles. The molecular formula is C25H23ClN4O. The number of hydrogen-bond donors (Lipinski definition) is 1. The van der Waals surface area contributed by atoms with E-state index in [0.29, 0.717) is 16.5 Å². The van der Waals surface area contributed by atoms with Crippen molar-refractivity contribution >= 4 is 40.2 Å². The van der Waals surface area contributed by atoms with Gasteiger partial charge in [-0.05, 0) is 67.8 Å². The van der Waals surface area contributed by atoms with E-state index in [1.807, 2.05) is 77.7 Å². The summed E-state index contributed by atoms with van der Waals surface area (Å²) in [7, 11) is 0. The minimum Gasteiger partial charge on any atom is -0.339 e. The van der Waals surface area contributed by atoms with Crippen molar-refractivity contribution in [3.8, 4) is 5.69 Å². The van der Waals surface area contributed by atoms with E-state index in [4.69, 9.17) is 16.6 Å². The number of anilines is 2. The highest BCUT2D eigenvalue weighted by molar-refractivity contribution is 6.30. The van der Waals surface area contributed by atoms with Crippen molar-refractivity contribution in [2.45, 2.75) is 19.3 Å². The van der Waals surface area contributed by atoms with Gasteiger partial charge in [-0.3, -0.25) is 9.36 Å².